The third-order valence-corrected chi connectivity index (χ3v) is 4.91. The lowest BCUT2D eigenvalue weighted by atomic mass is 10.2. The first-order chi connectivity index (χ1) is 12.2. The average Bonchev–Trinajstić information content (AvgIpc) is 3.19. The SMILES string of the molecule is COc1ccc(CN2CCC(NC(=O)c3cc(C4CC4)on3)C2)cc1. The molecular weight excluding hydrogens is 318 g/mol. The highest BCUT2D eigenvalue weighted by molar-refractivity contribution is 5.92. The van der Waals surface area contributed by atoms with Crippen LogP contribution in [0.1, 0.15) is 47.0 Å². The van der Waals surface area contributed by atoms with Crippen molar-refractivity contribution in [2.75, 3.05) is 20.2 Å². The van der Waals surface area contributed by atoms with Gasteiger partial charge in [-0.05, 0) is 37.0 Å². The fourth-order valence-electron chi connectivity index (χ4n) is 3.30. The summed E-state index contributed by atoms with van der Waals surface area (Å²) in [7, 11) is 1.67. The molecule has 2 heterocycles. The van der Waals surface area contributed by atoms with Crippen molar-refractivity contribution in [3.8, 4) is 5.75 Å². The average molecular weight is 341 g/mol. The monoisotopic (exact) mass is 341 g/mol. The molecule has 1 saturated heterocycles. The molecule has 2 aliphatic rings. The van der Waals surface area contributed by atoms with Crippen molar-refractivity contribution in [3.63, 3.8) is 0 Å². The Bertz CT molecular complexity index is 737. The van der Waals surface area contributed by atoms with E-state index in [2.05, 4.69) is 27.5 Å². The van der Waals surface area contributed by atoms with Crippen LogP contribution in [0.25, 0.3) is 0 Å². The van der Waals surface area contributed by atoms with Crippen LogP contribution in [0.4, 0.5) is 0 Å². The minimum absolute atomic E-state index is 0.132. The molecule has 2 aromatic rings. The number of aromatic nitrogens is 1. The van der Waals surface area contributed by atoms with E-state index < -0.39 is 0 Å². The predicted octanol–water partition coefficient (Wildman–Crippen LogP) is 2.56. The van der Waals surface area contributed by atoms with E-state index in [4.69, 9.17) is 9.26 Å². The zero-order valence-electron chi connectivity index (χ0n) is 14.4. The molecule has 2 fully saturated rings. The summed E-state index contributed by atoms with van der Waals surface area (Å²) in [4.78, 5) is 14.7. The fourth-order valence-corrected chi connectivity index (χ4v) is 3.30. The van der Waals surface area contributed by atoms with E-state index in [1.54, 1.807) is 13.2 Å². The second-order valence-electron chi connectivity index (χ2n) is 6.93. The molecule has 1 saturated carbocycles. The van der Waals surface area contributed by atoms with E-state index in [0.29, 0.717) is 11.6 Å². The van der Waals surface area contributed by atoms with E-state index >= 15 is 0 Å². The molecule has 25 heavy (non-hydrogen) atoms. The van der Waals surface area contributed by atoms with Gasteiger partial charge >= 0.3 is 0 Å². The lowest BCUT2D eigenvalue weighted by molar-refractivity contribution is 0.0928. The highest BCUT2D eigenvalue weighted by Crippen LogP contribution is 2.40. The number of carbonyl (C=O) groups is 1. The normalized spacial score (nSPS) is 20.6. The second-order valence-corrected chi connectivity index (χ2v) is 6.93. The van der Waals surface area contributed by atoms with Crippen LogP contribution in [0.15, 0.2) is 34.9 Å². The van der Waals surface area contributed by atoms with Crippen LogP contribution in [0.2, 0.25) is 0 Å². The van der Waals surface area contributed by atoms with E-state index in [9.17, 15) is 4.79 Å². The van der Waals surface area contributed by atoms with E-state index in [1.165, 1.54) is 5.56 Å². The summed E-state index contributed by atoms with van der Waals surface area (Å²) in [5.74, 6) is 2.05. The quantitative estimate of drug-likeness (QED) is 0.875. The number of benzene rings is 1. The Morgan fingerprint density at radius 2 is 2.12 bits per heavy atom. The Balaban J connectivity index is 1.28. The largest absolute Gasteiger partial charge is 0.497 e. The van der Waals surface area contributed by atoms with Gasteiger partial charge in [-0.1, -0.05) is 17.3 Å². The molecule has 1 aromatic heterocycles. The van der Waals surface area contributed by atoms with Crippen LogP contribution in [0.3, 0.4) is 0 Å². The molecule has 1 aliphatic heterocycles. The summed E-state index contributed by atoms with van der Waals surface area (Å²) in [6.07, 6.45) is 3.23. The Hall–Kier alpha value is -2.34. The van der Waals surface area contributed by atoms with Crippen molar-refractivity contribution in [1.82, 2.24) is 15.4 Å². The molecule has 6 heteroatoms. The van der Waals surface area contributed by atoms with Crippen molar-refractivity contribution in [2.24, 2.45) is 0 Å². The van der Waals surface area contributed by atoms with Gasteiger partial charge in [0.2, 0.25) is 0 Å². The summed E-state index contributed by atoms with van der Waals surface area (Å²) in [6, 6.07) is 10.1. The van der Waals surface area contributed by atoms with Crippen molar-refractivity contribution >= 4 is 5.91 Å². The number of nitrogens with one attached hydrogen (secondary N) is 1. The minimum atomic E-state index is -0.132. The number of carbonyl (C=O) groups excluding carboxylic acids is 1. The van der Waals surface area contributed by atoms with Crippen molar-refractivity contribution < 1.29 is 14.1 Å². The number of nitrogens with zero attached hydrogens (tertiary/aromatic N) is 2. The number of likely N-dealkylation sites (tertiary alicyclic amines) is 1. The van der Waals surface area contributed by atoms with E-state index in [0.717, 1.165) is 50.4 Å². The van der Waals surface area contributed by atoms with Crippen LogP contribution >= 0.6 is 0 Å². The third kappa shape index (κ3) is 3.85. The van der Waals surface area contributed by atoms with Gasteiger partial charge < -0.3 is 14.6 Å². The highest BCUT2D eigenvalue weighted by atomic mass is 16.5. The number of hydrogen-bond acceptors (Lipinski definition) is 5. The Kier molecular flexibility index (Phi) is 4.44. The van der Waals surface area contributed by atoms with Gasteiger partial charge in [0.1, 0.15) is 11.5 Å². The Morgan fingerprint density at radius 1 is 1.32 bits per heavy atom. The first-order valence-electron chi connectivity index (χ1n) is 8.84. The van der Waals surface area contributed by atoms with Gasteiger partial charge in [-0.2, -0.15) is 0 Å². The molecular formula is C19H23N3O3. The molecule has 0 bridgehead atoms. The zero-order valence-corrected chi connectivity index (χ0v) is 14.4. The molecule has 1 N–H and O–H groups in total. The lowest BCUT2D eigenvalue weighted by Gasteiger charge is -2.16. The van der Waals surface area contributed by atoms with Crippen LogP contribution < -0.4 is 10.1 Å². The molecule has 1 aromatic carbocycles. The fraction of sp³-hybridized carbons (Fsp3) is 0.474. The number of rotatable bonds is 6. The maximum Gasteiger partial charge on any atom is 0.273 e. The maximum atomic E-state index is 12.3. The summed E-state index contributed by atoms with van der Waals surface area (Å²) < 4.78 is 10.4. The zero-order chi connectivity index (χ0) is 17.2. The maximum absolute atomic E-state index is 12.3. The predicted molar refractivity (Wildman–Crippen MR) is 92.6 cm³/mol. The van der Waals surface area contributed by atoms with Crippen molar-refractivity contribution in [1.29, 1.82) is 0 Å². The van der Waals surface area contributed by atoms with Gasteiger partial charge in [0.15, 0.2) is 5.69 Å². The number of ether oxygens (including phenoxy) is 1. The highest BCUT2D eigenvalue weighted by Gasteiger charge is 2.30. The number of methoxy groups -OCH3 is 1. The van der Waals surface area contributed by atoms with E-state index in [-0.39, 0.29) is 11.9 Å². The Labute approximate surface area is 147 Å². The Morgan fingerprint density at radius 3 is 2.84 bits per heavy atom. The first kappa shape index (κ1) is 16.1. The summed E-state index contributed by atoms with van der Waals surface area (Å²) in [5, 5.41) is 6.99. The molecule has 6 nitrogen and oxygen atoms in total. The van der Waals surface area contributed by atoms with E-state index in [1.807, 2.05) is 12.1 Å². The standard InChI is InChI=1S/C19H23N3O3/c1-24-16-6-2-13(3-7-16)11-22-9-8-15(12-22)20-19(23)17-10-18(25-21-17)14-4-5-14/h2-3,6-7,10,14-15H,4-5,8-9,11-12H2,1H3,(H,20,23). The number of amides is 1. The molecule has 0 spiro atoms. The molecule has 1 amide bonds. The molecule has 1 atom stereocenters. The van der Waals surface area contributed by atoms with Gasteiger partial charge in [0.05, 0.1) is 7.11 Å². The first-order valence-corrected chi connectivity index (χ1v) is 8.84. The van der Waals surface area contributed by atoms with Crippen LogP contribution in [0, 0.1) is 0 Å². The van der Waals surface area contributed by atoms with Gasteiger partial charge in [-0.25, -0.2) is 0 Å². The molecule has 1 aliphatic carbocycles. The third-order valence-electron chi connectivity index (χ3n) is 4.91. The summed E-state index contributed by atoms with van der Waals surface area (Å²) >= 11 is 0. The topological polar surface area (TPSA) is 67.6 Å². The lowest BCUT2D eigenvalue weighted by Crippen LogP contribution is -2.37. The number of hydrogen-bond donors (Lipinski definition) is 1. The summed E-state index contributed by atoms with van der Waals surface area (Å²) in [5.41, 5.74) is 1.65. The van der Waals surface area contributed by atoms with Gasteiger partial charge in [0.25, 0.3) is 5.91 Å². The van der Waals surface area contributed by atoms with Crippen LogP contribution in [0.5, 0.6) is 5.75 Å². The van der Waals surface area contributed by atoms with Crippen molar-refractivity contribution in [3.05, 3.63) is 47.3 Å². The second kappa shape index (κ2) is 6.88. The minimum Gasteiger partial charge on any atom is -0.497 e. The van der Waals surface area contributed by atoms with Gasteiger partial charge in [0, 0.05) is 37.7 Å². The van der Waals surface area contributed by atoms with Crippen LogP contribution in [-0.2, 0) is 6.54 Å². The smallest absolute Gasteiger partial charge is 0.273 e. The van der Waals surface area contributed by atoms with Gasteiger partial charge in [-0.15, -0.1) is 0 Å². The summed E-state index contributed by atoms with van der Waals surface area (Å²) in [6.45, 7) is 2.71. The molecule has 132 valence electrons. The molecule has 4 rings (SSSR count). The molecule has 1 unspecified atom stereocenters. The van der Waals surface area contributed by atoms with Crippen molar-refractivity contribution in [2.45, 2.75) is 37.8 Å². The molecule has 0 radical (unpaired) electrons. The van der Waals surface area contributed by atoms with Crippen LogP contribution in [-0.4, -0.2) is 42.2 Å². The van der Waals surface area contributed by atoms with Gasteiger partial charge in [-0.3, -0.25) is 9.69 Å².